The van der Waals surface area contributed by atoms with E-state index in [2.05, 4.69) is 35.7 Å². The van der Waals surface area contributed by atoms with Crippen LogP contribution in [0.15, 0.2) is 4.99 Å². The molecule has 3 nitrogen and oxygen atoms in total. The Labute approximate surface area is 123 Å². The first-order valence-corrected chi connectivity index (χ1v) is 9.19. The topological polar surface area (TPSA) is 36.4 Å². The Hall–Kier alpha value is -0.380. The summed E-state index contributed by atoms with van der Waals surface area (Å²) in [5.74, 6) is 3.18. The molecule has 0 amide bonds. The molecule has 2 N–H and O–H groups in total. The second-order valence-electron chi connectivity index (χ2n) is 5.56. The Kier molecular flexibility index (Phi) is 9.14. The van der Waals surface area contributed by atoms with Crippen LogP contribution < -0.4 is 10.6 Å². The van der Waals surface area contributed by atoms with Crippen LogP contribution in [0.2, 0.25) is 0 Å². The van der Waals surface area contributed by atoms with Crippen molar-refractivity contribution in [3.05, 3.63) is 0 Å². The van der Waals surface area contributed by atoms with E-state index < -0.39 is 0 Å². The van der Waals surface area contributed by atoms with Crippen molar-refractivity contribution in [1.29, 1.82) is 0 Å². The highest BCUT2D eigenvalue weighted by Crippen LogP contribution is 2.23. The molecular weight excluding hydrogens is 254 g/mol. The zero-order valence-electron chi connectivity index (χ0n) is 12.9. The van der Waals surface area contributed by atoms with Crippen molar-refractivity contribution in [3.8, 4) is 0 Å². The van der Waals surface area contributed by atoms with Crippen molar-refractivity contribution < 1.29 is 0 Å². The molecule has 0 heterocycles. The van der Waals surface area contributed by atoms with Crippen LogP contribution in [0.5, 0.6) is 0 Å². The summed E-state index contributed by atoms with van der Waals surface area (Å²) in [7, 11) is 0. The third-order valence-electron chi connectivity index (χ3n) is 3.73. The monoisotopic (exact) mass is 285 g/mol. The van der Waals surface area contributed by atoms with Gasteiger partial charge in [-0.25, -0.2) is 0 Å². The van der Waals surface area contributed by atoms with Gasteiger partial charge in [0.2, 0.25) is 0 Å². The number of nitrogens with zero attached hydrogens (tertiary/aromatic N) is 1. The third-order valence-corrected chi connectivity index (χ3v) is 4.42. The second kappa shape index (κ2) is 10.4. The maximum atomic E-state index is 4.68. The molecular formula is C15H31N3S. The number of thioether (sulfide) groups is 1. The van der Waals surface area contributed by atoms with Gasteiger partial charge in [-0.2, -0.15) is 11.8 Å². The Morgan fingerprint density at radius 3 is 2.58 bits per heavy atom. The Morgan fingerprint density at radius 2 is 1.95 bits per heavy atom. The first kappa shape index (κ1) is 16.7. The van der Waals surface area contributed by atoms with Crippen molar-refractivity contribution in [3.63, 3.8) is 0 Å². The Balaban J connectivity index is 2.28. The summed E-state index contributed by atoms with van der Waals surface area (Å²) in [4.78, 5) is 4.68. The van der Waals surface area contributed by atoms with Gasteiger partial charge in [-0.3, -0.25) is 4.99 Å². The van der Waals surface area contributed by atoms with Crippen LogP contribution in [-0.2, 0) is 0 Å². The summed E-state index contributed by atoms with van der Waals surface area (Å²) in [6.07, 6.45) is 9.91. The van der Waals surface area contributed by atoms with Gasteiger partial charge in [0.1, 0.15) is 0 Å². The van der Waals surface area contributed by atoms with Crippen molar-refractivity contribution in [2.75, 3.05) is 25.1 Å². The largest absolute Gasteiger partial charge is 0.357 e. The van der Waals surface area contributed by atoms with Crippen LogP contribution in [0, 0.1) is 5.92 Å². The molecule has 0 bridgehead atoms. The van der Waals surface area contributed by atoms with Gasteiger partial charge in [0, 0.05) is 19.1 Å². The van der Waals surface area contributed by atoms with E-state index in [1.54, 1.807) is 0 Å². The van der Waals surface area contributed by atoms with Gasteiger partial charge in [-0.05, 0) is 63.4 Å². The average molecular weight is 286 g/mol. The lowest BCUT2D eigenvalue weighted by molar-refractivity contribution is 0.329. The summed E-state index contributed by atoms with van der Waals surface area (Å²) in [5.41, 5.74) is 0. The molecule has 4 heteroatoms. The van der Waals surface area contributed by atoms with Gasteiger partial charge in [-0.1, -0.05) is 6.92 Å². The fraction of sp³-hybridized carbons (Fsp3) is 0.933. The summed E-state index contributed by atoms with van der Waals surface area (Å²) in [6.45, 7) is 6.38. The summed E-state index contributed by atoms with van der Waals surface area (Å²) >= 11 is 1.92. The third kappa shape index (κ3) is 7.71. The van der Waals surface area contributed by atoms with Crippen molar-refractivity contribution in [1.82, 2.24) is 10.6 Å². The molecule has 0 aromatic rings. The van der Waals surface area contributed by atoms with E-state index in [1.165, 1.54) is 44.3 Å². The molecule has 112 valence electrons. The van der Waals surface area contributed by atoms with Crippen molar-refractivity contribution in [2.24, 2.45) is 10.9 Å². The molecule has 0 aromatic heterocycles. The molecule has 0 unspecified atom stereocenters. The number of hydrogen-bond acceptors (Lipinski definition) is 2. The second-order valence-corrected chi connectivity index (χ2v) is 6.55. The van der Waals surface area contributed by atoms with E-state index in [0.717, 1.165) is 25.0 Å². The summed E-state index contributed by atoms with van der Waals surface area (Å²) < 4.78 is 0. The number of hydrogen-bond donors (Lipinski definition) is 2. The molecule has 0 radical (unpaired) electrons. The highest BCUT2D eigenvalue weighted by Gasteiger charge is 2.18. The van der Waals surface area contributed by atoms with E-state index in [9.17, 15) is 0 Å². The van der Waals surface area contributed by atoms with E-state index in [1.807, 2.05) is 11.8 Å². The highest BCUT2D eigenvalue weighted by molar-refractivity contribution is 7.98. The Morgan fingerprint density at radius 1 is 1.21 bits per heavy atom. The molecule has 0 aromatic carbocycles. The predicted octanol–water partition coefficient (Wildman–Crippen LogP) is 3.26. The van der Waals surface area contributed by atoms with Gasteiger partial charge >= 0.3 is 0 Å². The maximum Gasteiger partial charge on any atom is 0.191 e. The van der Waals surface area contributed by atoms with Gasteiger partial charge in [0.15, 0.2) is 5.96 Å². The number of nitrogens with one attached hydrogen (secondary N) is 2. The fourth-order valence-corrected chi connectivity index (χ4v) is 2.96. The van der Waals surface area contributed by atoms with E-state index in [4.69, 9.17) is 0 Å². The van der Waals surface area contributed by atoms with Crippen LogP contribution in [0.1, 0.15) is 52.4 Å². The highest BCUT2D eigenvalue weighted by atomic mass is 32.2. The van der Waals surface area contributed by atoms with Crippen molar-refractivity contribution >= 4 is 17.7 Å². The van der Waals surface area contributed by atoms with Crippen LogP contribution in [0.25, 0.3) is 0 Å². The number of rotatable bonds is 7. The van der Waals surface area contributed by atoms with E-state index >= 15 is 0 Å². The normalized spacial score (nSPS) is 24.3. The standard InChI is InChI=1S/C15H31N3S/c1-4-16-15(17-11-5-6-12-19-3)18-14-9-7-13(2)8-10-14/h13-14H,4-12H2,1-3H3,(H2,16,17,18). The van der Waals surface area contributed by atoms with Crippen LogP contribution in [0.3, 0.4) is 0 Å². The zero-order valence-corrected chi connectivity index (χ0v) is 13.7. The summed E-state index contributed by atoms with van der Waals surface area (Å²) in [5, 5.41) is 6.97. The van der Waals surface area contributed by atoms with Crippen LogP contribution in [-0.4, -0.2) is 37.1 Å². The summed E-state index contributed by atoms with van der Waals surface area (Å²) in [6, 6.07) is 0.625. The van der Waals surface area contributed by atoms with Gasteiger partial charge in [0.25, 0.3) is 0 Å². The van der Waals surface area contributed by atoms with Gasteiger partial charge in [-0.15, -0.1) is 0 Å². The number of aliphatic imine (C=N–C) groups is 1. The number of unbranched alkanes of at least 4 members (excludes halogenated alkanes) is 1. The quantitative estimate of drug-likeness (QED) is 0.428. The SMILES string of the molecule is CCNC(=NCCCCSC)NC1CCC(C)CC1. The molecule has 0 saturated heterocycles. The molecule has 19 heavy (non-hydrogen) atoms. The molecule has 0 aliphatic heterocycles. The minimum Gasteiger partial charge on any atom is -0.357 e. The Bertz CT molecular complexity index is 248. The molecule has 1 rings (SSSR count). The van der Waals surface area contributed by atoms with Crippen molar-refractivity contribution in [2.45, 2.75) is 58.4 Å². The van der Waals surface area contributed by atoms with Gasteiger partial charge in [0.05, 0.1) is 0 Å². The van der Waals surface area contributed by atoms with Crippen LogP contribution in [0.4, 0.5) is 0 Å². The molecule has 1 saturated carbocycles. The molecule has 1 aliphatic carbocycles. The first-order chi connectivity index (χ1) is 9.26. The zero-order chi connectivity index (χ0) is 13.9. The smallest absolute Gasteiger partial charge is 0.191 e. The minimum atomic E-state index is 0.625. The van der Waals surface area contributed by atoms with Gasteiger partial charge < -0.3 is 10.6 Å². The number of guanidine groups is 1. The lowest BCUT2D eigenvalue weighted by Gasteiger charge is -2.28. The molecule has 0 spiro atoms. The average Bonchev–Trinajstić information content (AvgIpc) is 2.41. The minimum absolute atomic E-state index is 0.625. The molecule has 1 aliphatic rings. The molecule has 1 fully saturated rings. The predicted molar refractivity (Wildman–Crippen MR) is 88.2 cm³/mol. The maximum absolute atomic E-state index is 4.68. The lowest BCUT2D eigenvalue weighted by atomic mass is 9.87. The molecule has 0 atom stereocenters. The lowest BCUT2D eigenvalue weighted by Crippen LogP contribution is -2.44. The van der Waals surface area contributed by atoms with E-state index in [-0.39, 0.29) is 0 Å². The fourth-order valence-electron chi connectivity index (χ4n) is 2.47. The van der Waals surface area contributed by atoms with Crippen LogP contribution >= 0.6 is 11.8 Å². The van der Waals surface area contributed by atoms with E-state index in [0.29, 0.717) is 6.04 Å². The first-order valence-electron chi connectivity index (χ1n) is 7.80.